The Hall–Kier alpha value is -2.12. The molecule has 3 aromatic rings. The molecule has 0 saturated heterocycles. The topological polar surface area (TPSA) is 71.5 Å². The Morgan fingerprint density at radius 2 is 2.40 bits per heavy atom. The maximum atomic E-state index is 5.47. The zero-order chi connectivity index (χ0) is 13.9. The number of thiophene rings is 1. The number of likely N-dealkylation sites (N-methyl/N-ethyl adjacent to an activating group) is 1. The molecule has 3 heterocycles. The summed E-state index contributed by atoms with van der Waals surface area (Å²) in [6, 6.07) is 4.22. The van der Waals surface area contributed by atoms with Crippen LogP contribution in [0.15, 0.2) is 36.1 Å². The Kier molecular flexibility index (Phi) is 3.53. The fourth-order valence-electron chi connectivity index (χ4n) is 2.08. The van der Waals surface area contributed by atoms with Gasteiger partial charge in [0.1, 0.15) is 0 Å². The standard InChI is InChI=1S/C13H16N6S/c1-18(6-4-10-3-2-8-20-10)13-12-15-5-7-19(12)9-11(16-13)17-14/h2-3,5,7-9,17H,4,6,14H2,1H3. The Morgan fingerprint density at radius 3 is 3.15 bits per heavy atom. The Bertz CT molecular complexity index is 690. The van der Waals surface area contributed by atoms with Crippen LogP contribution in [0.1, 0.15) is 4.88 Å². The highest BCUT2D eigenvalue weighted by molar-refractivity contribution is 7.09. The molecule has 0 atom stereocenters. The molecule has 3 rings (SSSR count). The van der Waals surface area contributed by atoms with Crippen LogP contribution in [0.2, 0.25) is 0 Å². The van der Waals surface area contributed by atoms with Crippen LogP contribution in [-0.4, -0.2) is 28.0 Å². The number of nitrogens with one attached hydrogen (secondary N) is 1. The lowest BCUT2D eigenvalue weighted by molar-refractivity contribution is 0.865. The van der Waals surface area contributed by atoms with Gasteiger partial charge in [-0.15, -0.1) is 11.3 Å². The molecule has 6 nitrogen and oxygen atoms in total. The first-order chi connectivity index (χ1) is 9.78. The van der Waals surface area contributed by atoms with E-state index >= 15 is 0 Å². The predicted octanol–water partition coefficient (Wildman–Crippen LogP) is 1.76. The summed E-state index contributed by atoms with van der Waals surface area (Å²) in [6.45, 7) is 0.879. The molecule has 3 N–H and O–H groups in total. The second-order valence-electron chi connectivity index (χ2n) is 4.50. The third kappa shape index (κ3) is 2.45. The number of nitrogen functional groups attached to an aromatic ring is 1. The summed E-state index contributed by atoms with van der Waals surface area (Å²) in [6.07, 6.45) is 6.45. The van der Waals surface area contributed by atoms with Gasteiger partial charge >= 0.3 is 0 Å². The molecule has 3 aromatic heterocycles. The van der Waals surface area contributed by atoms with Gasteiger partial charge in [0, 0.05) is 30.9 Å². The summed E-state index contributed by atoms with van der Waals surface area (Å²) < 4.78 is 1.92. The average molecular weight is 288 g/mol. The maximum Gasteiger partial charge on any atom is 0.180 e. The van der Waals surface area contributed by atoms with E-state index < -0.39 is 0 Å². The monoisotopic (exact) mass is 288 g/mol. The molecule has 0 saturated carbocycles. The SMILES string of the molecule is CN(CCc1cccs1)c1nc(NN)cn2ccnc12. The summed E-state index contributed by atoms with van der Waals surface area (Å²) in [5.74, 6) is 6.91. The highest BCUT2D eigenvalue weighted by Crippen LogP contribution is 2.20. The molecule has 0 amide bonds. The van der Waals surface area contributed by atoms with E-state index in [1.165, 1.54) is 4.88 Å². The van der Waals surface area contributed by atoms with Crippen molar-refractivity contribution in [1.82, 2.24) is 14.4 Å². The number of nitrogens with zero attached hydrogens (tertiary/aromatic N) is 4. The van der Waals surface area contributed by atoms with Crippen molar-refractivity contribution in [2.75, 3.05) is 23.9 Å². The normalized spacial score (nSPS) is 10.9. The smallest absolute Gasteiger partial charge is 0.180 e. The lowest BCUT2D eigenvalue weighted by atomic mass is 10.3. The minimum Gasteiger partial charge on any atom is -0.356 e. The van der Waals surface area contributed by atoms with Crippen molar-refractivity contribution < 1.29 is 0 Å². The highest BCUT2D eigenvalue weighted by atomic mass is 32.1. The fourth-order valence-corrected chi connectivity index (χ4v) is 2.78. The van der Waals surface area contributed by atoms with Crippen LogP contribution < -0.4 is 16.2 Å². The molecule has 0 aliphatic carbocycles. The van der Waals surface area contributed by atoms with Gasteiger partial charge in [0.05, 0.1) is 6.20 Å². The second-order valence-corrected chi connectivity index (χ2v) is 5.54. The first-order valence-corrected chi connectivity index (χ1v) is 7.20. The van der Waals surface area contributed by atoms with Gasteiger partial charge in [0.25, 0.3) is 0 Å². The maximum absolute atomic E-state index is 5.47. The number of hydrogen-bond donors (Lipinski definition) is 2. The van der Waals surface area contributed by atoms with Crippen LogP contribution in [0.3, 0.4) is 0 Å². The van der Waals surface area contributed by atoms with E-state index in [0.29, 0.717) is 5.82 Å². The van der Waals surface area contributed by atoms with Gasteiger partial charge in [-0.3, -0.25) is 0 Å². The molecule has 20 heavy (non-hydrogen) atoms. The summed E-state index contributed by atoms with van der Waals surface area (Å²) in [7, 11) is 2.02. The van der Waals surface area contributed by atoms with Crippen molar-refractivity contribution in [1.29, 1.82) is 0 Å². The van der Waals surface area contributed by atoms with E-state index in [9.17, 15) is 0 Å². The Balaban J connectivity index is 1.86. The van der Waals surface area contributed by atoms with E-state index in [-0.39, 0.29) is 0 Å². The lowest BCUT2D eigenvalue weighted by Crippen LogP contribution is -2.23. The van der Waals surface area contributed by atoms with Crippen molar-refractivity contribution in [2.24, 2.45) is 5.84 Å². The second kappa shape index (κ2) is 5.48. The largest absolute Gasteiger partial charge is 0.356 e. The van der Waals surface area contributed by atoms with Crippen LogP contribution >= 0.6 is 11.3 Å². The van der Waals surface area contributed by atoms with Gasteiger partial charge in [-0.05, 0) is 17.9 Å². The molecule has 0 aromatic carbocycles. The number of hydrogen-bond acceptors (Lipinski definition) is 6. The van der Waals surface area contributed by atoms with Crippen molar-refractivity contribution in [2.45, 2.75) is 6.42 Å². The molecule has 0 fully saturated rings. The number of fused-ring (bicyclic) bond motifs is 1. The molecule has 7 heteroatoms. The fraction of sp³-hybridized carbons (Fsp3) is 0.231. The van der Waals surface area contributed by atoms with Gasteiger partial charge in [-0.1, -0.05) is 6.07 Å². The lowest BCUT2D eigenvalue weighted by Gasteiger charge is -2.19. The van der Waals surface area contributed by atoms with E-state index in [4.69, 9.17) is 5.84 Å². The van der Waals surface area contributed by atoms with Crippen molar-refractivity contribution in [3.05, 3.63) is 41.0 Å². The number of hydrazine groups is 1. The molecular formula is C13H16N6S. The number of rotatable bonds is 5. The van der Waals surface area contributed by atoms with E-state index in [1.54, 1.807) is 17.5 Å². The number of nitrogens with two attached hydrogens (primary N) is 1. The molecular weight excluding hydrogens is 272 g/mol. The van der Waals surface area contributed by atoms with E-state index in [0.717, 1.165) is 24.4 Å². The third-order valence-electron chi connectivity index (χ3n) is 3.14. The number of aromatic nitrogens is 3. The first kappa shape index (κ1) is 12.9. The van der Waals surface area contributed by atoms with Crippen LogP contribution in [0.4, 0.5) is 11.6 Å². The number of imidazole rings is 1. The molecule has 0 aliphatic rings. The Morgan fingerprint density at radius 1 is 1.50 bits per heavy atom. The molecule has 0 bridgehead atoms. The molecule has 0 spiro atoms. The summed E-state index contributed by atoms with van der Waals surface area (Å²) in [4.78, 5) is 12.3. The van der Waals surface area contributed by atoms with E-state index in [1.807, 2.05) is 23.8 Å². The molecule has 104 valence electrons. The van der Waals surface area contributed by atoms with Gasteiger partial charge in [-0.25, -0.2) is 15.8 Å². The first-order valence-electron chi connectivity index (χ1n) is 6.32. The van der Waals surface area contributed by atoms with Crippen molar-refractivity contribution >= 4 is 28.6 Å². The summed E-state index contributed by atoms with van der Waals surface area (Å²) in [5, 5.41) is 2.10. The Labute approximate surface area is 120 Å². The zero-order valence-corrected chi connectivity index (χ0v) is 12.0. The molecule has 0 unspecified atom stereocenters. The van der Waals surface area contributed by atoms with Crippen LogP contribution in [-0.2, 0) is 6.42 Å². The minimum atomic E-state index is 0.619. The zero-order valence-electron chi connectivity index (χ0n) is 11.2. The summed E-state index contributed by atoms with van der Waals surface area (Å²) in [5.41, 5.74) is 3.42. The van der Waals surface area contributed by atoms with Crippen LogP contribution in [0.5, 0.6) is 0 Å². The summed E-state index contributed by atoms with van der Waals surface area (Å²) >= 11 is 1.77. The predicted molar refractivity (Wildman–Crippen MR) is 82.1 cm³/mol. The number of anilines is 2. The van der Waals surface area contributed by atoms with Gasteiger partial charge in [0.15, 0.2) is 17.3 Å². The van der Waals surface area contributed by atoms with E-state index in [2.05, 4.69) is 37.8 Å². The van der Waals surface area contributed by atoms with Crippen molar-refractivity contribution in [3.63, 3.8) is 0 Å². The average Bonchev–Trinajstić information content (AvgIpc) is 3.14. The van der Waals surface area contributed by atoms with Crippen LogP contribution in [0.25, 0.3) is 5.65 Å². The van der Waals surface area contributed by atoms with Crippen LogP contribution in [0, 0.1) is 0 Å². The van der Waals surface area contributed by atoms with Gasteiger partial charge in [0.2, 0.25) is 0 Å². The third-order valence-corrected chi connectivity index (χ3v) is 4.08. The highest BCUT2D eigenvalue weighted by Gasteiger charge is 2.11. The van der Waals surface area contributed by atoms with Crippen molar-refractivity contribution in [3.8, 4) is 0 Å². The molecule has 0 radical (unpaired) electrons. The van der Waals surface area contributed by atoms with Gasteiger partial charge < -0.3 is 14.7 Å². The minimum absolute atomic E-state index is 0.619. The molecule has 0 aliphatic heterocycles. The quantitative estimate of drug-likeness (QED) is 0.553. The van der Waals surface area contributed by atoms with Gasteiger partial charge in [-0.2, -0.15) is 0 Å².